The molecule has 148 valence electrons. The van der Waals surface area contributed by atoms with Gasteiger partial charge in [-0.05, 0) is 32.1 Å². The zero-order valence-electron chi connectivity index (χ0n) is 15.0. The molecule has 0 radical (unpaired) electrons. The predicted octanol–water partition coefficient (Wildman–Crippen LogP) is -0.102. The highest BCUT2D eigenvalue weighted by molar-refractivity contribution is 7.91. The molecule has 0 aromatic rings. The second kappa shape index (κ2) is 6.57. The predicted molar refractivity (Wildman–Crippen MR) is 93.1 cm³/mol. The molecule has 4 fully saturated rings. The first-order valence-electron chi connectivity index (χ1n) is 9.49. The zero-order valence-corrected chi connectivity index (χ0v) is 15.8. The molecule has 0 spiro atoms. The smallest absolute Gasteiger partial charge is 0.334 e. The normalized spacial score (nSPS) is 28.4. The molecule has 2 saturated heterocycles. The van der Waals surface area contributed by atoms with Crippen molar-refractivity contribution >= 4 is 33.6 Å². The fourth-order valence-corrected chi connectivity index (χ4v) is 6.13. The zero-order chi connectivity index (χ0) is 19.3. The molecule has 4 aliphatic rings. The van der Waals surface area contributed by atoms with E-state index in [1.54, 1.807) is 0 Å². The van der Waals surface area contributed by atoms with Crippen LogP contribution in [-0.4, -0.2) is 83.0 Å². The quantitative estimate of drug-likeness (QED) is 0.473. The lowest BCUT2D eigenvalue weighted by Gasteiger charge is -2.29. The lowest BCUT2D eigenvalue weighted by Crippen LogP contribution is -2.49. The third kappa shape index (κ3) is 3.35. The topological polar surface area (TPSA) is 112 Å². The number of nitrogens with zero attached hydrogens (tertiary/aromatic N) is 3. The second-order valence-corrected chi connectivity index (χ2v) is 10.1. The van der Waals surface area contributed by atoms with E-state index in [4.69, 9.17) is 0 Å². The highest BCUT2D eigenvalue weighted by Gasteiger charge is 2.50. The summed E-state index contributed by atoms with van der Waals surface area (Å²) in [5, 5.41) is 0. The number of amides is 5. The highest BCUT2D eigenvalue weighted by Crippen LogP contribution is 2.33. The SMILES string of the molecule is O=C1C(=O)N(C2CCCC2)C(=O)N1CC(=O)N(C1CC1)[C@@H]1CCS(=O)(=O)C1. The molecule has 2 aliphatic heterocycles. The van der Waals surface area contributed by atoms with E-state index in [9.17, 15) is 27.6 Å². The highest BCUT2D eigenvalue weighted by atomic mass is 32.2. The minimum Gasteiger partial charge on any atom is -0.334 e. The van der Waals surface area contributed by atoms with Gasteiger partial charge in [-0.3, -0.25) is 19.3 Å². The Labute approximate surface area is 157 Å². The van der Waals surface area contributed by atoms with Gasteiger partial charge in [0.1, 0.15) is 6.54 Å². The van der Waals surface area contributed by atoms with E-state index < -0.39 is 46.2 Å². The number of sulfone groups is 1. The van der Waals surface area contributed by atoms with Crippen molar-refractivity contribution in [2.24, 2.45) is 0 Å². The average molecular weight is 397 g/mol. The van der Waals surface area contributed by atoms with Crippen molar-refractivity contribution in [1.29, 1.82) is 0 Å². The first-order chi connectivity index (χ1) is 12.8. The second-order valence-electron chi connectivity index (χ2n) is 7.88. The number of hydrogen-bond donors (Lipinski definition) is 0. The summed E-state index contributed by atoms with van der Waals surface area (Å²) in [6.07, 6.45) is 5.12. The Bertz CT molecular complexity index is 799. The minimum absolute atomic E-state index is 0.0368. The molecule has 0 unspecified atom stereocenters. The average Bonchev–Trinajstić information content (AvgIpc) is 3.08. The third-order valence-electron chi connectivity index (χ3n) is 5.90. The first-order valence-corrected chi connectivity index (χ1v) is 11.3. The molecule has 0 bridgehead atoms. The number of imide groups is 2. The molecule has 0 aromatic carbocycles. The van der Waals surface area contributed by atoms with Crippen molar-refractivity contribution in [2.75, 3.05) is 18.1 Å². The van der Waals surface area contributed by atoms with Crippen LogP contribution in [0.3, 0.4) is 0 Å². The monoisotopic (exact) mass is 397 g/mol. The molecule has 5 amide bonds. The molecule has 0 aromatic heterocycles. The Morgan fingerprint density at radius 3 is 2.19 bits per heavy atom. The maximum absolute atomic E-state index is 12.9. The van der Waals surface area contributed by atoms with Crippen LogP contribution in [0.5, 0.6) is 0 Å². The summed E-state index contributed by atoms with van der Waals surface area (Å²) in [5.41, 5.74) is 0. The van der Waals surface area contributed by atoms with Crippen LogP contribution in [0.25, 0.3) is 0 Å². The van der Waals surface area contributed by atoms with Crippen molar-refractivity contribution in [3.8, 4) is 0 Å². The van der Waals surface area contributed by atoms with Gasteiger partial charge in [0.25, 0.3) is 0 Å². The van der Waals surface area contributed by atoms with E-state index in [0.717, 1.165) is 35.5 Å². The molecule has 2 aliphatic carbocycles. The summed E-state index contributed by atoms with van der Waals surface area (Å²) >= 11 is 0. The molecule has 1 atom stereocenters. The third-order valence-corrected chi connectivity index (χ3v) is 7.65. The van der Waals surface area contributed by atoms with Crippen LogP contribution in [0.1, 0.15) is 44.9 Å². The van der Waals surface area contributed by atoms with Crippen molar-refractivity contribution in [3.05, 3.63) is 0 Å². The van der Waals surface area contributed by atoms with E-state index in [2.05, 4.69) is 0 Å². The van der Waals surface area contributed by atoms with E-state index >= 15 is 0 Å². The van der Waals surface area contributed by atoms with E-state index in [0.29, 0.717) is 19.3 Å². The first kappa shape index (κ1) is 18.4. The lowest BCUT2D eigenvalue weighted by molar-refractivity contribution is -0.145. The van der Waals surface area contributed by atoms with Gasteiger partial charge in [-0.1, -0.05) is 12.8 Å². The molecule has 2 heterocycles. The molecule has 10 heteroatoms. The number of rotatable bonds is 5. The fraction of sp³-hybridized carbons (Fsp3) is 0.765. The number of carbonyl (C=O) groups is 4. The molecule has 4 rings (SSSR count). The van der Waals surface area contributed by atoms with Gasteiger partial charge in [0.15, 0.2) is 9.84 Å². The van der Waals surface area contributed by atoms with Crippen LogP contribution in [0, 0.1) is 0 Å². The van der Waals surface area contributed by atoms with Gasteiger partial charge in [0.05, 0.1) is 11.5 Å². The fourth-order valence-electron chi connectivity index (χ4n) is 4.42. The maximum atomic E-state index is 12.9. The maximum Gasteiger partial charge on any atom is 0.334 e. The van der Waals surface area contributed by atoms with E-state index in [1.807, 2.05) is 0 Å². The van der Waals surface area contributed by atoms with Crippen LogP contribution >= 0.6 is 0 Å². The molecule has 2 saturated carbocycles. The standard InChI is InChI=1S/C17H23N3O6S/c21-14(19(12-5-6-12)13-7-8-27(25,26)10-13)9-18-15(22)16(23)20(17(18)24)11-3-1-2-4-11/h11-13H,1-10H2/t13-/m1/s1. The van der Waals surface area contributed by atoms with Crippen LogP contribution in [0.4, 0.5) is 4.79 Å². The molecule has 0 N–H and O–H groups in total. The molecular weight excluding hydrogens is 374 g/mol. The lowest BCUT2D eigenvalue weighted by atomic mass is 10.2. The Morgan fingerprint density at radius 1 is 0.963 bits per heavy atom. The van der Waals surface area contributed by atoms with Gasteiger partial charge in [0, 0.05) is 18.1 Å². The van der Waals surface area contributed by atoms with Crippen molar-refractivity contribution < 1.29 is 27.6 Å². The van der Waals surface area contributed by atoms with Crippen molar-refractivity contribution in [2.45, 2.75) is 63.1 Å². The van der Waals surface area contributed by atoms with Crippen LogP contribution in [-0.2, 0) is 24.2 Å². The van der Waals surface area contributed by atoms with Gasteiger partial charge in [-0.2, -0.15) is 0 Å². The largest absolute Gasteiger partial charge is 0.334 e. The van der Waals surface area contributed by atoms with Gasteiger partial charge < -0.3 is 4.90 Å². The Hall–Kier alpha value is -1.97. The summed E-state index contributed by atoms with van der Waals surface area (Å²) in [4.78, 5) is 53.3. The number of urea groups is 1. The van der Waals surface area contributed by atoms with Gasteiger partial charge in [-0.25, -0.2) is 18.1 Å². The number of carbonyl (C=O) groups excluding carboxylic acids is 4. The van der Waals surface area contributed by atoms with Crippen LogP contribution in [0.15, 0.2) is 0 Å². The summed E-state index contributed by atoms with van der Waals surface area (Å²) in [5.74, 6) is -2.31. The number of hydrogen-bond acceptors (Lipinski definition) is 6. The van der Waals surface area contributed by atoms with Crippen molar-refractivity contribution in [3.63, 3.8) is 0 Å². The summed E-state index contributed by atoms with van der Waals surface area (Å²) in [6.45, 7) is -0.500. The summed E-state index contributed by atoms with van der Waals surface area (Å²) in [7, 11) is -3.16. The van der Waals surface area contributed by atoms with Gasteiger partial charge in [0.2, 0.25) is 5.91 Å². The van der Waals surface area contributed by atoms with E-state index in [1.165, 1.54) is 4.90 Å². The molecule has 9 nitrogen and oxygen atoms in total. The van der Waals surface area contributed by atoms with Crippen LogP contribution < -0.4 is 0 Å². The van der Waals surface area contributed by atoms with Gasteiger partial charge >= 0.3 is 17.8 Å². The van der Waals surface area contributed by atoms with E-state index in [-0.39, 0.29) is 23.6 Å². The minimum atomic E-state index is -3.16. The van der Waals surface area contributed by atoms with Crippen molar-refractivity contribution in [1.82, 2.24) is 14.7 Å². The summed E-state index contributed by atoms with van der Waals surface area (Å²) in [6, 6.07) is -1.44. The Kier molecular flexibility index (Phi) is 4.48. The summed E-state index contributed by atoms with van der Waals surface area (Å²) < 4.78 is 23.6. The Morgan fingerprint density at radius 2 is 1.63 bits per heavy atom. The molecule has 27 heavy (non-hydrogen) atoms. The molecular formula is C17H23N3O6S. The van der Waals surface area contributed by atoms with Gasteiger partial charge in [-0.15, -0.1) is 0 Å². The van der Waals surface area contributed by atoms with Crippen LogP contribution in [0.2, 0.25) is 0 Å². The Balaban J connectivity index is 1.48.